The maximum absolute atomic E-state index is 11.7. The molecule has 1 aromatic rings. The van der Waals surface area contributed by atoms with E-state index in [1.165, 1.54) is 11.8 Å². The third-order valence-electron chi connectivity index (χ3n) is 2.45. The predicted molar refractivity (Wildman–Crippen MR) is 79.7 cm³/mol. The third kappa shape index (κ3) is 5.73. The first-order valence-electron chi connectivity index (χ1n) is 5.73. The highest BCUT2D eigenvalue weighted by Crippen LogP contribution is 2.30. The molecule has 19 heavy (non-hydrogen) atoms. The van der Waals surface area contributed by atoms with Gasteiger partial charge in [-0.2, -0.15) is 5.26 Å². The Morgan fingerprint density at radius 1 is 1.47 bits per heavy atom. The summed E-state index contributed by atoms with van der Waals surface area (Å²) in [6, 6.07) is 7.28. The van der Waals surface area contributed by atoms with Crippen molar-refractivity contribution in [1.29, 1.82) is 5.26 Å². The van der Waals surface area contributed by atoms with Gasteiger partial charge in [0.05, 0.1) is 17.5 Å². The van der Waals surface area contributed by atoms with Crippen LogP contribution in [-0.4, -0.2) is 30.2 Å². The van der Waals surface area contributed by atoms with E-state index in [0.717, 1.165) is 4.90 Å². The minimum Gasteiger partial charge on any atom is -0.345 e. The molecule has 0 spiro atoms. The van der Waals surface area contributed by atoms with Crippen molar-refractivity contribution in [2.24, 2.45) is 0 Å². The van der Waals surface area contributed by atoms with E-state index in [2.05, 4.69) is 0 Å². The molecule has 0 fully saturated rings. The Morgan fingerprint density at radius 3 is 2.89 bits per heavy atom. The van der Waals surface area contributed by atoms with Crippen LogP contribution in [-0.2, 0) is 4.79 Å². The molecule has 0 aliphatic heterocycles. The molecule has 0 saturated carbocycles. The van der Waals surface area contributed by atoms with Crippen molar-refractivity contribution in [1.82, 2.24) is 4.90 Å². The number of carbonyl (C=O) groups excluding carboxylic acids is 1. The normalized spacial score (nSPS) is 10.0. The van der Waals surface area contributed by atoms with Gasteiger partial charge in [-0.25, -0.2) is 0 Å². The molecule has 1 rings (SSSR count). The van der Waals surface area contributed by atoms with E-state index in [4.69, 9.17) is 28.5 Å². The third-order valence-corrected chi connectivity index (χ3v) is 4.19. The molecule has 0 unspecified atom stereocenters. The molecule has 6 heteroatoms. The summed E-state index contributed by atoms with van der Waals surface area (Å²) < 4.78 is 0. The fourth-order valence-corrected chi connectivity index (χ4v) is 2.80. The molecule has 0 aromatic heterocycles. The van der Waals surface area contributed by atoms with Gasteiger partial charge in [-0.3, -0.25) is 4.79 Å². The van der Waals surface area contributed by atoms with E-state index in [9.17, 15) is 4.79 Å². The highest BCUT2D eigenvalue weighted by atomic mass is 35.5. The Bertz CT molecular complexity index is 488. The van der Waals surface area contributed by atoms with Gasteiger partial charge in [-0.05, 0) is 18.2 Å². The lowest BCUT2D eigenvalue weighted by Gasteiger charge is -2.15. The van der Waals surface area contributed by atoms with Crippen LogP contribution < -0.4 is 0 Å². The molecule has 1 aromatic carbocycles. The minimum atomic E-state index is 0.0286. The number of nitriles is 1. The van der Waals surface area contributed by atoms with Gasteiger partial charge in [0, 0.05) is 35.7 Å². The lowest BCUT2D eigenvalue weighted by molar-refractivity contribution is -0.129. The Balaban J connectivity index is 2.40. The zero-order chi connectivity index (χ0) is 14.3. The second-order valence-corrected chi connectivity index (χ2v) is 5.88. The van der Waals surface area contributed by atoms with Crippen molar-refractivity contribution in [3.63, 3.8) is 0 Å². The number of thioether (sulfide) groups is 1. The topological polar surface area (TPSA) is 44.1 Å². The molecule has 0 aliphatic carbocycles. The van der Waals surface area contributed by atoms with Crippen molar-refractivity contribution < 1.29 is 4.79 Å². The van der Waals surface area contributed by atoms with Gasteiger partial charge < -0.3 is 4.90 Å². The van der Waals surface area contributed by atoms with Crippen LogP contribution in [0.5, 0.6) is 0 Å². The first kappa shape index (κ1) is 16.2. The van der Waals surface area contributed by atoms with Crippen LogP contribution in [0.2, 0.25) is 10.0 Å². The summed E-state index contributed by atoms with van der Waals surface area (Å²) in [6.45, 7) is 0.470. The Morgan fingerprint density at radius 2 is 2.21 bits per heavy atom. The predicted octanol–water partition coefficient (Wildman–Crippen LogP) is 3.85. The molecule has 0 radical (unpaired) electrons. The van der Waals surface area contributed by atoms with E-state index in [-0.39, 0.29) is 5.91 Å². The van der Waals surface area contributed by atoms with Crippen LogP contribution in [0.3, 0.4) is 0 Å². The lowest BCUT2D eigenvalue weighted by atomic mass is 10.3. The summed E-state index contributed by atoms with van der Waals surface area (Å²) in [7, 11) is 1.71. The average molecular weight is 317 g/mol. The maximum atomic E-state index is 11.7. The number of rotatable bonds is 6. The smallest absolute Gasteiger partial charge is 0.223 e. The molecule has 0 N–H and O–H groups in total. The first-order chi connectivity index (χ1) is 9.04. The highest BCUT2D eigenvalue weighted by molar-refractivity contribution is 7.99. The number of amides is 1. The number of carbonyl (C=O) groups is 1. The van der Waals surface area contributed by atoms with E-state index in [0.29, 0.717) is 35.2 Å². The van der Waals surface area contributed by atoms with Crippen molar-refractivity contribution in [3.8, 4) is 6.07 Å². The second kappa shape index (κ2) is 8.31. The number of hydrogen-bond donors (Lipinski definition) is 0. The number of halogens is 2. The van der Waals surface area contributed by atoms with Crippen LogP contribution >= 0.6 is 35.0 Å². The second-order valence-electron chi connectivity index (χ2n) is 3.90. The zero-order valence-corrected chi connectivity index (χ0v) is 12.9. The van der Waals surface area contributed by atoms with E-state index in [1.54, 1.807) is 30.1 Å². The lowest BCUT2D eigenvalue weighted by Crippen LogP contribution is -2.27. The monoisotopic (exact) mass is 316 g/mol. The van der Waals surface area contributed by atoms with E-state index in [1.807, 2.05) is 6.07 Å². The van der Waals surface area contributed by atoms with Gasteiger partial charge in [0.1, 0.15) is 0 Å². The molecule has 102 valence electrons. The van der Waals surface area contributed by atoms with Crippen LogP contribution in [0.1, 0.15) is 12.8 Å². The van der Waals surface area contributed by atoms with Gasteiger partial charge >= 0.3 is 0 Å². The number of hydrogen-bond acceptors (Lipinski definition) is 3. The van der Waals surface area contributed by atoms with Gasteiger partial charge in [0.15, 0.2) is 0 Å². The quantitative estimate of drug-likeness (QED) is 0.749. The molecule has 0 heterocycles. The summed E-state index contributed by atoms with van der Waals surface area (Å²) in [6.07, 6.45) is 0.769. The fraction of sp³-hybridized carbons (Fsp3) is 0.385. The molecule has 0 bridgehead atoms. The average Bonchev–Trinajstić information content (AvgIpc) is 2.39. The van der Waals surface area contributed by atoms with Crippen molar-refractivity contribution in [3.05, 3.63) is 28.2 Å². The van der Waals surface area contributed by atoms with Crippen LogP contribution in [0, 0.1) is 11.3 Å². The van der Waals surface area contributed by atoms with Crippen LogP contribution in [0.4, 0.5) is 0 Å². The molecule has 0 saturated heterocycles. The van der Waals surface area contributed by atoms with Crippen molar-refractivity contribution in [2.45, 2.75) is 17.7 Å². The van der Waals surface area contributed by atoms with Gasteiger partial charge in [0.25, 0.3) is 0 Å². The molecule has 3 nitrogen and oxygen atoms in total. The summed E-state index contributed by atoms with van der Waals surface area (Å²) in [5, 5.41) is 9.73. The minimum absolute atomic E-state index is 0.0286. The fourth-order valence-electron chi connectivity index (χ4n) is 1.37. The molecular weight excluding hydrogens is 303 g/mol. The van der Waals surface area contributed by atoms with Crippen molar-refractivity contribution >= 4 is 40.9 Å². The molecular formula is C13H14Cl2N2OS. The first-order valence-corrected chi connectivity index (χ1v) is 7.47. The largest absolute Gasteiger partial charge is 0.345 e. The van der Waals surface area contributed by atoms with Crippen LogP contribution in [0.15, 0.2) is 23.1 Å². The number of nitrogens with zero attached hydrogens (tertiary/aromatic N) is 2. The number of benzene rings is 1. The van der Waals surface area contributed by atoms with Gasteiger partial charge in [-0.1, -0.05) is 23.2 Å². The SMILES string of the molecule is CN(CCC#N)C(=O)CCSc1cc(Cl)ccc1Cl. The van der Waals surface area contributed by atoms with Gasteiger partial charge in [-0.15, -0.1) is 11.8 Å². The van der Waals surface area contributed by atoms with Gasteiger partial charge in [0.2, 0.25) is 5.91 Å². The Hall–Kier alpha value is -0.890. The molecule has 0 atom stereocenters. The van der Waals surface area contributed by atoms with Crippen LogP contribution in [0.25, 0.3) is 0 Å². The molecule has 0 aliphatic rings. The summed E-state index contributed by atoms with van der Waals surface area (Å²) in [5.74, 6) is 0.663. The maximum Gasteiger partial charge on any atom is 0.223 e. The Labute approximate surface area is 127 Å². The van der Waals surface area contributed by atoms with E-state index >= 15 is 0 Å². The Kier molecular flexibility index (Phi) is 7.07. The molecule has 1 amide bonds. The summed E-state index contributed by atoms with van der Waals surface area (Å²) in [4.78, 5) is 14.2. The summed E-state index contributed by atoms with van der Waals surface area (Å²) >= 11 is 13.4. The standard InChI is InChI=1S/C13H14Cl2N2OS/c1-17(7-2-6-16)13(18)5-8-19-12-9-10(14)3-4-11(12)15/h3-4,9H,2,5,7-8H2,1H3. The summed E-state index contributed by atoms with van der Waals surface area (Å²) in [5.41, 5.74) is 0. The highest BCUT2D eigenvalue weighted by Gasteiger charge is 2.09. The zero-order valence-electron chi connectivity index (χ0n) is 10.5. The van der Waals surface area contributed by atoms with Crippen molar-refractivity contribution in [2.75, 3.05) is 19.3 Å². The van der Waals surface area contributed by atoms with E-state index < -0.39 is 0 Å².